The summed E-state index contributed by atoms with van der Waals surface area (Å²) in [5.41, 5.74) is 0.574. The maximum absolute atomic E-state index is 13.4. The molecule has 2 atom stereocenters. The summed E-state index contributed by atoms with van der Waals surface area (Å²) < 4.78 is 13.4. The van der Waals surface area contributed by atoms with Crippen LogP contribution in [0.15, 0.2) is 24.3 Å². The molecular formula is C14H21FN2O2. The van der Waals surface area contributed by atoms with Crippen LogP contribution in [-0.2, 0) is 6.42 Å². The predicted molar refractivity (Wildman–Crippen MR) is 72.4 cm³/mol. The van der Waals surface area contributed by atoms with Crippen molar-refractivity contribution in [2.24, 2.45) is 0 Å². The molecule has 0 saturated carbocycles. The van der Waals surface area contributed by atoms with Crippen molar-refractivity contribution in [3.63, 3.8) is 0 Å². The van der Waals surface area contributed by atoms with Gasteiger partial charge in [-0.1, -0.05) is 25.1 Å². The van der Waals surface area contributed by atoms with Gasteiger partial charge in [-0.25, -0.2) is 9.18 Å². The fraction of sp³-hybridized carbons (Fsp3) is 0.500. The van der Waals surface area contributed by atoms with Gasteiger partial charge in [-0.3, -0.25) is 0 Å². The maximum Gasteiger partial charge on any atom is 0.315 e. The Hall–Kier alpha value is -1.62. The molecule has 2 unspecified atom stereocenters. The lowest BCUT2D eigenvalue weighted by molar-refractivity contribution is 0.212. The average molecular weight is 268 g/mol. The van der Waals surface area contributed by atoms with Crippen molar-refractivity contribution in [3.8, 4) is 0 Å². The van der Waals surface area contributed by atoms with E-state index in [1.54, 1.807) is 18.2 Å². The zero-order valence-corrected chi connectivity index (χ0v) is 11.3. The fourth-order valence-electron chi connectivity index (χ4n) is 1.77. The molecule has 0 fully saturated rings. The molecular weight excluding hydrogens is 247 g/mol. The first-order valence-corrected chi connectivity index (χ1v) is 6.48. The first-order valence-electron chi connectivity index (χ1n) is 6.48. The van der Waals surface area contributed by atoms with Crippen LogP contribution in [0, 0.1) is 5.82 Å². The van der Waals surface area contributed by atoms with Crippen LogP contribution in [0.4, 0.5) is 9.18 Å². The zero-order valence-electron chi connectivity index (χ0n) is 11.3. The SMILES string of the molecule is CCC(CO)NC(=O)NC(C)Cc1ccccc1F. The molecule has 0 saturated heterocycles. The Labute approximate surface area is 113 Å². The van der Waals surface area contributed by atoms with E-state index in [1.807, 2.05) is 13.8 Å². The monoisotopic (exact) mass is 268 g/mol. The summed E-state index contributed by atoms with van der Waals surface area (Å²) in [6, 6.07) is 5.73. The zero-order chi connectivity index (χ0) is 14.3. The van der Waals surface area contributed by atoms with Gasteiger partial charge in [-0.05, 0) is 31.4 Å². The van der Waals surface area contributed by atoms with Crippen molar-refractivity contribution in [1.29, 1.82) is 0 Å². The van der Waals surface area contributed by atoms with E-state index in [0.717, 1.165) is 0 Å². The van der Waals surface area contributed by atoms with E-state index in [9.17, 15) is 9.18 Å². The van der Waals surface area contributed by atoms with Crippen LogP contribution < -0.4 is 10.6 Å². The molecule has 0 aliphatic heterocycles. The lowest BCUT2D eigenvalue weighted by Crippen LogP contribution is -2.47. The van der Waals surface area contributed by atoms with Crippen LogP contribution >= 0.6 is 0 Å². The number of amides is 2. The van der Waals surface area contributed by atoms with Crippen molar-refractivity contribution in [1.82, 2.24) is 10.6 Å². The predicted octanol–water partition coefficient (Wildman–Crippen LogP) is 1.83. The largest absolute Gasteiger partial charge is 0.394 e. The van der Waals surface area contributed by atoms with Crippen molar-refractivity contribution < 1.29 is 14.3 Å². The Balaban J connectivity index is 2.45. The lowest BCUT2D eigenvalue weighted by Gasteiger charge is -2.18. The number of hydrogen-bond acceptors (Lipinski definition) is 2. The highest BCUT2D eigenvalue weighted by Gasteiger charge is 2.13. The van der Waals surface area contributed by atoms with Crippen LogP contribution in [-0.4, -0.2) is 29.8 Å². The minimum atomic E-state index is -0.343. The van der Waals surface area contributed by atoms with Crippen molar-refractivity contribution in [2.75, 3.05) is 6.61 Å². The first-order chi connectivity index (χ1) is 9.06. The average Bonchev–Trinajstić information content (AvgIpc) is 2.38. The summed E-state index contributed by atoms with van der Waals surface area (Å²) in [7, 11) is 0. The normalized spacial score (nSPS) is 13.7. The van der Waals surface area contributed by atoms with Gasteiger partial charge in [-0.15, -0.1) is 0 Å². The highest BCUT2D eigenvalue weighted by molar-refractivity contribution is 5.74. The van der Waals surface area contributed by atoms with Crippen molar-refractivity contribution in [3.05, 3.63) is 35.6 Å². The number of hydrogen-bond donors (Lipinski definition) is 3. The van der Waals surface area contributed by atoms with E-state index in [1.165, 1.54) is 6.07 Å². The minimum Gasteiger partial charge on any atom is -0.394 e. The molecule has 0 bridgehead atoms. The summed E-state index contributed by atoms with van der Waals surface area (Å²) in [4.78, 5) is 11.6. The van der Waals surface area contributed by atoms with Gasteiger partial charge < -0.3 is 15.7 Å². The van der Waals surface area contributed by atoms with Crippen LogP contribution in [0.1, 0.15) is 25.8 Å². The third-order valence-electron chi connectivity index (χ3n) is 2.91. The Bertz CT molecular complexity index is 408. The van der Waals surface area contributed by atoms with Gasteiger partial charge in [0.2, 0.25) is 0 Å². The van der Waals surface area contributed by atoms with Crippen molar-refractivity contribution in [2.45, 2.75) is 38.8 Å². The summed E-state index contributed by atoms with van der Waals surface area (Å²) in [6.45, 7) is 3.60. The number of halogens is 1. The Kier molecular flexibility index (Phi) is 6.29. The third kappa shape index (κ3) is 5.26. The van der Waals surface area contributed by atoms with E-state index in [4.69, 9.17) is 5.11 Å². The second-order valence-electron chi connectivity index (χ2n) is 4.60. The number of urea groups is 1. The Morgan fingerprint density at radius 2 is 2.05 bits per heavy atom. The molecule has 5 heteroatoms. The van der Waals surface area contributed by atoms with Crippen LogP contribution in [0.3, 0.4) is 0 Å². The minimum absolute atomic E-state index is 0.0917. The van der Waals surface area contributed by atoms with Gasteiger partial charge in [-0.2, -0.15) is 0 Å². The smallest absolute Gasteiger partial charge is 0.315 e. The quantitative estimate of drug-likeness (QED) is 0.737. The molecule has 0 aromatic heterocycles. The number of carbonyl (C=O) groups excluding carboxylic acids is 1. The molecule has 0 heterocycles. The van der Waals surface area contributed by atoms with Gasteiger partial charge >= 0.3 is 6.03 Å². The maximum atomic E-state index is 13.4. The molecule has 0 aliphatic rings. The second kappa shape index (κ2) is 7.74. The van der Waals surface area contributed by atoms with E-state index in [0.29, 0.717) is 18.4 Å². The van der Waals surface area contributed by atoms with Gasteiger partial charge in [0.05, 0.1) is 12.6 Å². The third-order valence-corrected chi connectivity index (χ3v) is 2.91. The lowest BCUT2D eigenvalue weighted by atomic mass is 10.1. The standard InChI is InChI=1S/C14H21FN2O2/c1-3-12(9-18)17-14(19)16-10(2)8-11-6-4-5-7-13(11)15/h4-7,10,12,18H,3,8-9H2,1-2H3,(H2,16,17,19). The van der Waals surface area contributed by atoms with E-state index in [2.05, 4.69) is 10.6 Å². The molecule has 3 N–H and O–H groups in total. The number of carbonyl (C=O) groups is 1. The highest BCUT2D eigenvalue weighted by Crippen LogP contribution is 2.08. The topological polar surface area (TPSA) is 61.4 Å². The summed E-state index contributed by atoms with van der Waals surface area (Å²) >= 11 is 0. The van der Waals surface area contributed by atoms with Gasteiger partial charge in [0.15, 0.2) is 0 Å². The molecule has 1 aromatic carbocycles. The molecule has 1 aromatic rings. The molecule has 106 valence electrons. The highest BCUT2D eigenvalue weighted by atomic mass is 19.1. The fourth-order valence-corrected chi connectivity index (χ4v) is 1.77. The number of aliphatic hydroxyl groups is 1. The van der Waals surface area contributed by atoms with E-state index >= 15 is 0 Å². The molecule has 2 amide bonds. The Morgan fingerprint density at radius 1 is 1.37 bits per heavy atom. The summed E-state index contributed by atoms with van der Waals surface area (Å²) in [5, 5.41) is 14.4. The number of benzene rings is 1. The van der Waals surface area contributed by atoms with Crippen molar-refractivity contribution >= 4 is 6.03 Å². The van der Waals surface area contributed by atoms with Crippen LogP contribution in [0.5, 0.6) is 0 Å². The van der Waals surface area contributed by atoms with Gasteiger partial charge in [0, 0.05) is 6.04 Å². The molecule has 0 radical (unpaired) electrons. The van der Waals surface area contributed by atoms with Gasteiger partial charge in [0.25, 0.3) is 0 Å². The first kappa shape index (κ1) is 15.4. The van der Waals surface area contributed by atoms with E-state index in [-0.39, 0.29) is 30.5 Å². The van der Waals surface area contributed by atoms with E-state index < -0.39 is 0 Å². The summed E-state index contributed by atoms with van der Waals surface area (Å²) in [6.07, 6.45) is 1.08. The molecule has 19 heavy (non-hydrogen) atoms. The number of nitrogens with one attached hydrogen (secondary N) is 2. The molecule has 0 aliphatic carbocycles. The molecule has 1 rings (SSSR count). The molecule has 4 nitrogen and oxygen atoms in total. The second-order valence-corrected chi connectivity index (χ2v) is 4.60. The number of rotatable bonds is 6. The van der Waals surface area contributed by atoms with Crippen LogP contribution in [0.2, 0.25) is 0 Å². The van der Waals surface area contributed by atoms with Crippen LogP contribution in [0.25, 0.3) is 0 Å². The molecule has 0 spiro atoms. The summed E-state index contributed by atoms with van der Waals surface area (Å²) in [5.74, 6) is -0.265. The Morgan fingerprint density at radius 3 is 2.63 bits per heavy atom. The number of aliphatic hydroxyl groups excluding tert-OH is 1. The van der Waals surface area contributed by atoms with Gasteiger partial charge in [0.1, 0.15) is 5.82 Å².